The van der Waals surface area contributed by atoms with E-state index >= 15 is 0 Å². The zero-order valence-corrected chi connectivity index (χ0v) is 19.1. The summed E-state index contributed by atoms with van der Waals surface area (Å²) in [6, 6.07) is 8.14. The normalized spacial score (nSPS) is 18.9. The average molecular weight is 433 g/mol. The first kappa shape index (κ1) is 20.9. The van der Waals surface area contributed by atoms with Gasteiger partial charge in [0.05, 0.1) is 5.92 Å². The highest BCUT2D eigenvalue weighted by Gasteiger charge is 2.32. The molecule has 1 atom stereocenters. The number of para-hydroxylation sites is 1. The van der Waals surface area contributed by atoms with Crippen LogP contribution >= 0.6 is 0 Å². The number of anilines is 2. The maximum absolute atomic E-state index is 13.6. The minimum Gasteiger partial charge on any atom is -0.354 e. The molecule has 1 saturated heterocycles. The van der Waals surface area contributed by atoms with Crippen molar-refractivity contribution in [2.75, 3.05) is 29.4 Å². The zero-order valence-electron chi connectivity index (χ0n) is 19.1. The number of amides is 1. The predicted molar refractivity (Wildman–Crippen MR) is 127 cm³/mol. The molecule has 1 amide bonds. The molecule has 1 fully saturated rings. The quantitative estimate of drug-likeness (QED) is 0.620. The Balaban J connectivity index is 1.42. The van der Waals surface area contributed by atoms with E-state index in [0.29, 0.717) is 13.1 Å². The van der Waals surface area contributed by atoms with Crippen molar-refractivity contribution < 1.29 is 4.79 Å². The van der Waals surface area contributed by atoms with Gasteiger partial charge in [0.25, 0.3) is 0 Å². The first-order valence-electron chi connectivity index (χ1n) is 12.0. The third kappa shape index (κ3) is 3.74. The molecule has 1 aromatic carbocycles. The van der Waals surface area contributed by atoms with E-state index < -0.39 is 0 Å². The molecule has 2 aromatic heterocycles. The summed E-state index contributed by atoms with van der Waals surface area (Å²) in [4.78, 5) is 32.0. The van der Waals surface area contributed by atoms with Gasteiger partial charge in [-0.25, -0.2) is 15.0 Å². The number of hydrogen-bond donors (Lipinski definition) is 0. The first-order valence-corrected chi connectivity index (χ1v) is 12.0. The van der Waals surface area contributed by atoms with Gasteiger partial charge in [-0.3, -0.25) is 4.79 Å². The van der Waals surface area contributed by atoms with E-state index in [9.17, 15) is 4.79 Å². The molecule has 4 heterocycles. The van der Waals surface area contributed by atoms with Gasteiger partial charge in [0.1, 0.15) is 12.2 Å². The van der Waals surface area contributed by atoms with Crippen molar-refractivity contribution in [2.24, 2.45) is 5.92 Å². The molecule has 0 unspecified atom stereocenters. The molecule has 2 aliphatic heterocycles. The molecule has 0 saturated carbocycles. The molecule has 0 aliphatic carbocycles. The fourth-order valence-corrected chi connectivity index (χ4v) is 5.26. The molecule has 0 bridgehead atoms. The fraction of sp³-hybridized carbons (Fsp3) is 0.520. The summed E-state index contributed by atoms with van der Waals surface area (Å²) < 4.78 is 2.27. The topological polar surface area (TPSA) is 67.2 Å². The van der Waals surface area contributed by atoms with Crippen LogP contribution in [-0.4, -0.2) is 45.1 Å². The maximum atomic E-state index is 13.6. The molecule has 7 nitrogen and oxygen atoms in total. The van der Waals surface area contributed by atoms with E-state index in [-0.39, 0.29) is 11.8 Å². The number of fused-ring (bicyclic) bond motifs is 3. The first-order chi connectivity index (χ1) is 15.7. The van der Waals surface area contributed by atoms with E-state index in [2.05, 4.69) is 39.3 Å². The Hall–Kier alpha value is -2.96. The van der Waals surface area contributed by atoms with E-state index in [0.717, 1.165) is 66.4 Å². The standard InChI is InChI=1S/C25H32N6O/c1-3-30(20-12-7-6-10-18(20)2)25(32)19-11-9-14-29(16-19)23-22-24(27-17-26-23)31-15-8-4-5-13-21(31)28-22/h6-7,10,12,17,19H,3-5,8-9,11,13-16H2,1-2H3/t19-/m1/s1. The van der Waals surface area contributed by atoms with E-state index in [1.54, 1.807) is 6.33 Å². The fourth-order valence-electron chi connectivity index (χ4n) is 5.26. The summed E-state index contributed by atoms with van der Waals surface area (Å²) in [5.41, 5.74) is 3.98. The molecule has 2 aliphatic rings. The lowest BCUT2D eigenvalue weighted by Crippen LogP contribution is -2.45. The van der Waals surface area contributed by atoms with Crippen LogP contribution in [0.1, 0.15) is 50.4 Å². The van der Waals surface area contributed by atoms with Crippen molar-refractivity contribution >= 4 is 28.6 Å². The molecule has 3 aromatic rings. The summed E-state index contributed by atoms with van der Waals surface area (Å²) in [5.74, 6) is 2.17. The number of imidazole rings is 1. The second-order valence-electron chi connectivity index (χ2n) is 9.01. The minimum atomic E-state index is -0.0474. The van der Waals surface area contributed by atoms with Crippen molar-refractivity contribution in [3.05, 3.63) is 42.0 Å². The van der Waals surface area contributed by atoms with Crippen LogP contribution in [0, 0.1) is 12.8 Å². The third-order valence-electron chi connectivity index (χ3n) is 6.93. The lowest BCUT2D eigenvalue weighted by Gasteiger charge is -2.35. The van der Waals surface area contributed by atoms with E-state index in [1.165, 1.54) is 19.3 Å². The lowest BCUT2D eigenvalue weighted by atomic mass is 9.95. The third-order valence-corrected chi connectivity index (χ3v) is 6.93. The van der Waals surface area contributed by atoms with E-state index in [4.69, 9.17) is 4.98 Å². The van der Waals surface area contributed by atoms with Crippen LogP contribution in [0.15, 0.2) is 30.6 Å². The molecule has 168 valence electrons. The Morgan fingerprint density at radius 1 is 1.12 bits per heavy atom. The van der Waals surface area contributed by atoms with Crippen LogP contribution in [0.3, 0.4) is 0 Å². The van der Waals surface area contributed by atoms with Crippen LogP contribution in [0.5, 0.6) is 0 Å². The van der Waals surface area contributed by atoms with Crippen LogP contribution in [0.25, 0.3) is 11.2 Å². The van der Waals surface area contributed by atoms with Gasteiger partial charge in [0.2, 0.25) is 5.91 Å². The number of carbonyl (C=O) groups excluding carboxylic acids is 1. The van der Waals surface area contributed by atoms with Crippen LogP contribution in [0.2, 0.25) is 0 Å². The Labute approximate surface area is 189 Å². The SMILES string of the molecule is CCN(C(=O)[C@@H]1CCCN(c2ncnc3c2nc2n3CCCCC2)C1)c1ccccc1C. The molecular formula is C25H32N6O. The number of hydrogen-bond acceptors (Lipinski definition) is 5. The van der Waals surface area contributed by atoms with Crippen molar-refractivity contribution in [1.29, 1.82) is 0 Å². The van der Waals surface area contributed by atoms with Crippen LogP contribution < -0.4 is 9.80 Å². The molecule has 32 heavy (non-hydrogen) atoms. The molecule has 0 N–H and O–H groups in total. The van der Waals surface area contributed by atoms with Crippen molar-refractivity contribution in [3.8, 4) is 0 Å². The second kappa shape index (κ2) is 8.88. The Morgan fingerprint density at radius 2 is 2.00 bits per heavy atom. The Kier molecular flexibility index (Phi) is 5.81. The van der Waals surface area contributed by atoms with Gasteiger partial charge in [0.15, 0.2) is 17.0 Å². The number of benzene rings is 1. The Bertz CT molecular complexity index is 1120. The summed E-state index contributed by atoms with van der Waals surface area (Å²) in [7, 11) is 0. The molecule has 7 heteroatoms. The summed E-state index contributed by atoms with van der Waals surface area (Å²) in [6.45, 7) is 7.34. The minimum absolute atomic E-state index is 0.0474. The highest BCUT2D eigenvalue weighted by molar-refractivity contribution is 5.96. The number of nitrogens with zero attached hydrogens (tertiary/aromatic N) is 6. The largest absolute Gasteiger partial charge is 0.354 e. The van der Waals surface area contributed by atoms with Gasteiger partial charge in [-0.15, -0.1) is 0 Å². The number of rotatable bonds is 4. The van der Waals surface area contributed by atoms with Crippen LogP contribution in [0.4, 0.5) is 11.5 Å². The van der Waals surface area contributed by atoms with Crippen molar-refractivity contribution in [1.82, 2.24) is 19.5 Å². The monoisotopic (exact) mass is 432 g/mol. The van der Waals surface area contributed by atoms with Gasteiger partial charge in [0, 0.05) is 38.3 Å². The number of carbonyl (C=O) groups is 1. The van der Waals surface area contributed by atoms with Gasteiger partial charge in [-0.1, -0.05) is 24.6 Å². The smallest absolute Gasteiger partial charge is 0.231 e. The molecule has 0 radical (unpaired) electrons. The van der Waals surface area contributed by atoms with Gasteiger partial charge >= 0.3 is 0 Å². The molecule has 0 spiro atoms. The summed E-state index contributed by atoms with van der Waals surface area (Å²) in [5, 5.41) is 0. The number of aryl methyl sites for hydroxylation is 3. The predicted octanol–water partition coefficient (Wildman–Crippen LogP) is 4.13. The molecular weight excluding hydrogens is 400 g/mol. The lowest BCUT2D eigenvalue weighted by molar-refractivity contribution is -0.122. The number of aromatic nitrogens is 4. The zero-order chi connectivity index (χ0) is 22.1. The summed E-state index contributed by atoms with van der Waals surface area (Å²) in [6.07, 6.45) is 8.13. The Morgan fingerprint density at radius 3 is 2.84 bits per heavy atom. The van der Waals surface area contributed by atoms with Gasteiger partial charge < -0.3 is 14.4 Å². The number of piperidine rings is 1. The van der Waals surface area contributed by atoms with E-state index in [1.807, 2.05) is 23.1 Å². The highest BCUT2D eigenvalue weighted by atomic mass is 16.2. The molecule has 5 rings (SSSR count). The van der Waals surface area contributed by atoms with Crippen molar-refractivity contribution in [3.63, 3.8) is 0 Å². The average Bonchev–Trinajstić information content (AvgIpc) is 3.01. The van der Waals surface area contributed by atoms with Gasteiger partial charge in [-0.2, -0.15) is 0 Å². The van der Waals surface area contributed by atoms with Gasteiger partial charge in [-0.05, 0) is 51.2 Å². The highest BCUT2D eigenvalue weighted by Crippen LogP contribution is 2.31. The summed E-state index contributed by atoms with van der Waals surface area (Å²) >= 11 is 0. The maximum Gasteiger partial charge on any atom is 0.231 e. The van der Waals surface area contributed by atoms with Crippen LogP contribution in [-0.2, 0) is 17.8 Å². The second-order valence-corrected chi connectivity index (χ2v) is 9.01. The van der Waals surface area contributed by atoms with Crippen molar-refractivity contribution in [2.45, 2.75) is 58.9 Å².